The van der Waals surface area contributed by atoms with Gasteiger partial charge in [-0.3, -0.25) is 0 Å². The lowest BCUT2D eigenvalue weighted by Crippen LogP contribution is -2.22. The molecule has 70 valence electrons. The second-order valence-electron chi connectivity index (χ2n) is 2.49. The third-order valence-corrected chi connectivity index (χ3v) is 1.01. The first-order valence-electron chi connectivity index (χ1n) is 3.63. The molecule has 0 aromatic heterocycles. The zero-order valence-electron chi connectivity index (χ0n) is 7.53. The van der Waals surface area contributed by atoms with Crippen molar-refractivity contribution in [1.82, 2.24) is 0 Å². The number of aliphatic hydroxyl groups excluding tert-OH is 1. The summed E-state index contributed by atoms with van der Waals surface area (Å²) in [6.07, 6.45) is -1.70. The lowest BCUT2D eigenvalue weighted by Gasteiger charge is -2.15. The highest BCUT2D eigenvalue weighted by Gasteiger charge is 2.11. The first-order valence-corrected chi connectivity index (χ1v) is 3.63. The monoisotopic (exact) mass is 174 g/mol. The molecule has 2 atom stereocenters. The van der Waals surface area contributed by atoms with E-state index < -0.39 is 18.5 Å². The van der Waals surface area contributed by atoms with E-state index >= 15 is 0 Å². The topological polar surface area (TPSA) is 55.8 Å². The lowest BCUT2D eigenvalue weighted by atomic mass is 10.4. The van der Waals surface area contributed by atoms with Crippen molar-refractivity contribution in [3.05, 3.63) is 12.2 Å². The number of aliphatic hydroxyl groups is 1. The highest BCUT2D eigenvalue weighted by molar-refractivity contribution is 5.86. The molecule has 0 spiro atoms. The van der Waals surface area contributed by atoms with Crippen molar-refractivity contribution in [3.63, 3.8) is 0 Å². The Labute approximate surface area is 71.8 Å². The Kier molecular flexibility index (Phi) is 4.54. The Hall–Kier alpha value is -0.870. The smallest absolute Gasteiger partial charge is 0.335 e. The number of hydrogen-bond donors (Lipinski definition) is 1. The Morgan fingerprint density at radius 3 is 2.33 bits per heavy atom. The van der Waals surface area contributed by atoms with Gasteiger partial charge in [-0.1, -0.05) is 6.58 Å². The summed E-state index contributed by atoms with van der Waals surface area (Å²) < 4.78 is 9.44. The molecule has 0 saturated carbocycles. The van der Waals surface area contributed by atoms with Crippen LogP contribution in [-0.2, 0) is 14.3 Å². The van der Waals surface area contributed by atoms with Gasteiger partial charge in [-0.15, -0.1) is 0 Å². The number of esters is 1. The molecule has 4 heteroatoms. The van der Waals surface area contributed by atoms with Crippen molar-refractivity contribution in [2.75, 3.05) is 0 Å². The Morgan fingerprint density at radius 2 is 2.00 bits per heavy atom. The van der Waals surface area contributed by atoms with Crippen LogP contribution in [0.15, 0.2) is 12.2 Å². The fourth-order valence-electron chi connectivity index (χ4n) is 0.556. The summed E-state index contributed by atoms with van der Waals surface area (Å²) in [6.45, 7) is 7.89. The molecule has 12 heavy (non-hydrogen) atoms. The lowest BCUT2D eigenvalue weighted by molar-refractivity contribution is -0.211. The fourth-order valence-corrected chi connectivity index (χ4v) is 0.556. The quantitative estimate of drug-likeness (QED) is 0.389. The van der Waals surface area contributed by atoms with Gasteiger partial charge in [-0.05, 0) is 20.8 Å². The molecule has 0 saturated heterocycles. The van der Waals surface area contributed by atoms with Crippen LogP contribution in [0.25, 0.3) is 0 Å². The van der Waals surface area contributed by atoms with E-state index in [0.29, 0.717) is 5.57 Å². The van der Waals surface area contributed by atoms with Gasteiger partial charge >= 0.3 is 5.97 Å². The van der Waals surface area contributed by atoms with Crippen LogP contribution in [0.3, 0.4) is 0 Å². The summed E-state index contributed by atoms with van der Waals surface area (Å²) in [5.41, 5.74) is 0.302. The van der Waals surface area contributed by atoms with Gasteiger partial charge in [0, 0.05) is 5.57 Å². The molecule has 0 aliphatic heterocycles. The third kappa shape index (κ3) is 4.87. The first kappa shape index (κ1) is 11.1. The molecule has 2 unspecified atom stereocenters. The van der Waals surface area contributed by atoms with E-state index in [-0.39, 0.29) is 0 Å². The normalized spacial score (nSPS) is 15.0. The highest BCUT2D eigenvalue weighted by atomic mass is 16.7. The molecule has 0 aromatic carbocycles. The van der Waals surface area contributed by atoms with Crippen LogP contribution in [0, 0.1) is 0 Å². The van der Waals surface area contributed by atoms with Crippen molar-refractivity contribution in [1.29, 1.82) is 0 Å². The maximum Gasteiger partial charge on any atom is 0.335 e. The fraction of sp³-hybridized carbons (Fsp3) is 0.625. The standard InChI is InChI=1S/C8H14O4/c1-5(2)8(10)12-7(4)11-6(3)9/h6-7,9H,1H2,2-4H3. The van der Waals surface area contributed by atoms with Gasteiger partial charge in [0.1, 0.15) is 0 Å². The molecular weight excluding hydrogens is 160 g/mol. The van der Waals surface area contributed by atoms with Gasteiger partial charge in [-0.2, -0.15) is 0 Å². The zero-order chi connectivity index (χ0) is 9.72. The van der Waals surface area contributed by atoms with Crippen molar-refractivity contribution in [2.45, 2.75) is 33.4 Å². The molecule has 0 bridgehead atoms. The minimum Gasteiger partial charge on any atom is -0.433 e. The molecule has 1 N–H and O–H groups in total. The molecular formula is C8H14O4. The van der Waals surface area contributed by atoms with E-state index in [9.17, 15) is 4.79 Å². The van der Waals surface area contributed by atoms with Gasteiger partial charge in [0.05, 0.1) is 0 Å². The maximum absolute atomic E-state index is 10.9. The average Bonchev–Trinajstić information content (AvgIpc) is 1.84. The van der Waals surface area contributed by atoms with E-state index in [1.54, 1.807) is 0 Å². The zero-order valence-corrected chi connectivity index (χ0v) is 7.53. The van der Waals surface area contributed by atoms with Gasteiger partial charge < -0.3 is 14.6 Å². The van der Waals surface area contributed by atoms with Crippen LogP contribution in [0.4, 0.5) is 0 Å². The maximum atomic E-state index is 10.9. The molecule has 0 aliphatic carbocycles. The average molecular weight is 174 g/mol. The van der Waals surface area contributed by atoms with Crippen molar-refractivity contribution >= 4 is 5.97 Å². The van der Waals surface area contributed by atoms with E-state index in [1.807, 2.05) is 0 Å². The minimum atomic E-state index is -0.946. The largest absolute Gasteiger partial charge is 0.433 e. The van der Waals surface area contributed by atoms with E-state index in [1.165, 1.54) is 20.8 Å². The van der Waals surface area contributed by atoms with E-state index in [0.717, 1.165) is 0 Å². The molecule has 4 nitrogen and oxygen atoms in total. The third-order valence-electron chi connectivity index (χ3n) is 1.01. The molecule has 0 fully saturated rings. The van der Waals surface area contributed by atoms with Crippen molar-refractivity contribution < 1.29 is 19.4 Å². The Balaban J connectivity index is 3.76. The predicted molar refractivity (Wildman–Crippen MR) is 43.1 cm³/mol. The molecule has 0 amide bonds. The van der Waals surface area contributed by atoms with Crippen LogP contribution in [0.2, 0.25) is 0 Å². The SMILES string of the molecule is C=C(C)C(=O)OC(C)OC(C)O. The van der Waals surface area contributed by atoms with Gasteiger partial charge in [0.2, 0.25) is 6.29 Å². The summed E-state index contributed by atoms with van der Waals surface area (Å²) in [5.74, 6) is -0.525. The van der Waals surface area contributed by atoms with Gasteiger partial charge in [-0.25, -0.2) is 4.79 Å². The number of carbonyl (C=O) groups is 1. The second-order valence-corrected chi connectivity index (χ2v) is 2.49. The molecule has 0 rings (SSSR count). The van der Waals surface area contributed by atoms with Gasteiger partial charge in [0.15, 0.2) is 6.29 Å². The van der Waals surface area contributed by atoms with Crippen LogP contribution < -0.4 is 0 Å². The summed E-state index contributed by atoms with van der Waals surface area (Å²) in [4.78, 5) is 10.9. The number of carbonyl (C=O) groups excluding carboxylic acids is 1. The van der Waals surface area contributed by atoms with E-state index in [2.05, 4.69) is 6.58 Å². The molecule has 0 heterocycles. The summed E-state index contributed by atoms with van der Waals surface area (Å²) in [5, 5.41) is 8.74. The predicted octanol–water partition coefficient (Wildman–Crippen LogP) is 0.807. The Bertz CT molecular complexity index is 174. The summed E-state index contributed by atoms with van der Waals surface area (Å²) in [6, 6.07) is 0. The minimum absolute atomic E-state index is 0.302. The van der Waals surface area contributed by atoms with Crippen LogP contribution >= 0.6 is 0 Å². The molecule has 0 radical (unpaired) electrons. The van der Waals surface area contributed by atoms with Gasteiger partial charge in [0.25, 0.3) is 0 Å². The number of rotatable bonds is 4. The van der Waals surface area contributed by atoms with Crippen LogP contribution in [0.5, 0.6) is 0 Å². The molecule has 0 aromatic rings. The van der Waals surface area contributed by atoms with Crippen LogP contribution in [0.1, 0.15) is 20.8 Å². The van der Waals surface area contributed by atoms with E-state index in [4.69, 9.17) is 14.6 Å². The number of hydrogen-bond acceptors (Lipinski definition) is 4. The van der Waals surface area contributed by atoms with Crippen LogP contribution in [-0.4, -0.2) is 23.7 Å². The Morgan fingerprint density at radius 1 is 1.50 bits per heavy atom. The first-order chi connectivity index (χ1) is 5.43. The van der Waals surface area contributed by atoms with Crippen molar-refractivity contribution in [3.8, 4) is 0 Å². The summed E-state index contributed by atoms with van der Waals surface area (Å²) in [7, 11) is 0. The summed E-state index contributed by atoms with van der Waals surface area (Å²) >= 11 is 0. The number of ether oxygens (including phenoxy) is 2. The van der Waals surface area contributed by atoms with Crippen molar-refractivity contribution in [2.24, 2.45) is 0 Å². The second kappa shape index (κ2) is 4.90. The molecule has 0 aliphatic rings. The highest BCUT2D eigenvalue weighted by Crippen LogP contribution is 2.01.